The van der Waals surface area contributed by atoms with Gasteiger partial charge in [-0.15, -0.1) is 0 Å². The van der Waals surface area contributed by atoms with E-state index in [0.29, 0.717) is 33.5 Å². The zero-order valence-electron chi connectivity index (χ0n) is 18.3. The number of aromatic amines is 1. The van der Waals surface area contributed by atoms with Crippen LogP contribution in [-0.4, -0.2) is 26.8 Å². The van der Waals surface area contributed by atoms with Gasteiger partial charge in [0.05, 0.1) is 28.4 Å². The van der Waals surface area contributed by atoms with Gasteiger partial charge in [-0.1, -0.05) is 42.5 Å². The molecule has 8 nitrogen and oxygen atoms in total. The van der Waals surface area contributed by atoms with Gasteiger partial charge in [-0.05, 0) is 48.5 Å². The molecule has 0 aliphatic rings. The largest absolute Gasteiger partial charge is 0.324 e. The fourth-order valence-corrected chi connectivity index (χ4v) is 3.64. The van der Waals surface area contributed by atoms with Crippen molar-refractivity contribution in [1.29, 1.82) is 5.26 Å². The van der Waals surface area contributed by atoms with Crippen LogP contribution in [0, 0.1) is 11.3 Å². The number of carbonyl (C=O) groups excluding carboxylic acids is 2. The molecule has 5 aromatic rings. The number of rotatable bonds is 5. The summed E-state index contributed by atoms with van der Waals surface area (Å²) in [6, 6.07) is 28.5. The maximum Gasteiger partial charge on any atom is 0.276 e. The van der Waals surface area contributed by atoms with E-state index in [-0.39, 0.29) is 17.5 Å². The fourth-order valence-electron chi connectivity index (χ4n) is 3.64. The molecule has 168 valence electrons. The SMILES string of the molecule is N#Cc1cccc(-c2cccc(C(=O)Nc3nc4c(C(=O)Nc5ccccc5)cccc4[nH]3)n2)c1. The van der Waals surface area contributed by atoms with Crippen LogP contribution in [0.15, 0.2) is 91.0 Å². The summed E-state index contributed by atoms with van der Waals surface area (Å²) >= 11 is 0. The highest BCUT2D eigenvalue weighted by atomic mass is 16.2. The highest BCUT2D eigenvalue weighted by Crippen LogP contribution is 2.22. The normalized spacial score (nSPS) is 10.5. The zero-order valence-corrected chi connectivity index (χ0v) is 18.3. The van der Waals surface area contributed by atoms with E-state index in [1.807, 2.05) is 24.3 Å². The van der Waals surface area contributed by atoms with Crippen LogP contribution in [-0.2, 0) is 0 Å². The Morgan fingerprint density at radius 2 is 1.60 bits per heavy atom. The molecule has 35 heavy (non-hydrogen) atoms. The van der Waals surface area contributed by atoms with Crippen molar-refractivity contribution in [2.24, 2.45) is 0 Å². The quantitative estimate of drug-likeness (QED) is 0.342. The third-order valence-electron chi connectivity index (χ3n) is 5.29. The number of nitrogens with zero attached hydrogens (tertiary/aromatic N) is 3. The Balaban J connectivity index is 1.38. The van der Waals surface area contributed by atoms with Crippen LogP contribution >= 0.6 is 0 Å². The van der Waals surface area contributed by atoms with Crippen molar-refractivity contribution in [2.75, 3.05) is 10.6 Å². The van der Waals surface area contributed by atoms with Crippen molar-refractivity contribution in [3.63, 3.8) is 0 Å². The lowest BCUT2D eigenvalue weighted by Gasteiger charge is -2.05. The molecule has 0 bridgehead atoms. The Hall–Kier alpha value is -5.29. The number of fused-ring (bicyclic) bond motifs is 1. The second-order valence-corrected chi connectivity index (χ2v) is 7.66. The van der Waals surface area contributed by atoms with Crippen molar-refractivity contribution < 1.29 is 9.59 Å². The van der Waals surface area contributed by atoms with Crippen LogP contribution in [0.5, 0.6) is 0 Å². The first-order valence-corrected chi connectivity index (χ1v) is 10.7. The maximum absolute atomic E-state index is 12.9. The molecule has 0 radical (unpaired) electrons. The molecule has 0 saturated carbocycles. The number of H-pyrrole nitrogens is 1. The number of pyridine rings is 1. The number of hydrogen-bond acceptors (Lipinski definition) is 5. The molecule has 3 N–H and O–H groups in total. The summed E-state index contributed by atoms with van der Waals surface area (Å²) in [5, 5.41) is 14.7. The molecule has 0 atom stereocenters. The van der Waals surface area contributed by atoms with E-state index < -0.39 is 5.91 Å². The number of nitriles is 1. The summed E-state index contributed by atoms with van der Waals surface area (Å²) in [6.07, 6.45) is 0. The van der Waals surface area contributed by atoms with Crippen LogP contribution in [0.2, 0.25) is 0 Å². The number of anilines is 2. The highest BCUT2D eigenvalue weighted by molar-refractivity contribution is 6.12. The number of para-hydroxylation sites is 2. The number of imidazole rings is 1. The van der Waals surface area contributed by atoms with Gasteiger partial charge < -0.3 is 10.3 Å². The molecule has 2 heterocycles. The monoisotopic (exact) mass is 458 g/mol. The van der Waals surface area contributed by atoms with Crippen LogP contribution in [0.3, 0.4) is 0 Å². The molecular weight excluding hydrogens is 440 g/mol. The molecule has 2 aromatic heterocycles. The molecule has 0 unspecified atom stereocenters. The smallest absolute Gasteiger partial charge is 0.276 e. The topological polar surface area (TPSA) is 124 Å². The average molecular weight is 458 g/mol. The molecule has 8 heteroatoms. The number of aromatic nitrogens is 3. The summed E-state index contributed by atoms with van der Waals surface area (Å²) in [6.45, 7) is 0. The molecule has 0 aliphatic heterocycles. The fraction of sp³-hybridized carbons (Fsp3) is 0. The van der Waals surface area contributed by atoms with E-state index in [0.717, 1.165) is 5.56 Å². The molecule has 0 saturated heterocycles. The van der Waals surface area contributed by atoms with E-state index >= 15 is 0 Å². The third kappa shape index (κ3) is 4.60. The number of benzene rings is 3. The first kappa shape index (κ1) is 21.6. The van der Waals surface area contributed by atoms with Gasteiger partial charge in [-0.2, -0.15) is 5.26 Å². The minimum atomic E-state index is -0.461. The van der Waals surface area contributed by atoms with Gasteiger partial charge in [0.2, 0.25) is 5.95 Å². The molecule has 3 aromatic carbocycles. The Kier molecular flexibility index (Phi) is 5.72. The standard InChI is InChI=1S/C27H18N6O2/c28-16-17-7-4-8-18(15-17)21-12-6-14-23(30-21)26(35)33-27-31-22-13-5-11-20(24(22)32-27)25(34)29-19-9-2-1-3-10-19/h1-15H,(H,29,34)(H2,31,32,33,35). The average Bonchev–Trinajstić information content (AvgIpc) is 3.31. The Labute approximate surface area is 200 Å². The summed E-state index contributed by atoms with van der Waals surface area (Å²) in [5.74, 6) is -0.568. The van der Waals surface area contributed by atoms with Crippen molar-refractivity contribution >= 4 is 34.5 Å². The van der Waals surface area contributed by atoms with Gasteiger partial charge in [0, 0.05) is 11.3 Å². The number of hydrogen-bond donors (Lipinski definition) is 3. The Morgan fingerprint density at radius 1 is 0.800 bits per heavy atom. The summed E-state index contributed by atoms with van der Waals surface area (Å²) in [7, 11) is 0. The van der Waals surface area contributed by atoms with Crippen LogP contribution in [0.1, 0.15) is 26.4 Å². The predicted molar refractivity (Wildman–Crippen MR) is 133 cm³/mol. The molecule has 2 amide bonds. The van der Waals surface area contributed by atoms with E-state index in [1.54, 1.807) is 66.7 Å². The van der Waals surface area contributed by atoms with Gasteiger partial charge in [0.15, 0.2) is 0 Å². The second kappa shape index (κ2) is 9.29. The van der Waals surface area contributed by atoms with Crippen molar-refractivity contribution in [1.82, 2.24) is 15.0 Å². The second-order valence-electron chi connectivity index (χ2n) is 7.66. The Bertz CT molecular complexity index is 1600. The third-order valence-corrected chi connectivity index (χ3v) is 5.29. The van der Waals surface area contributed by atoms with Crippen LogP contribution in [0.4, 0.5) is 11.6 Å². The van der Waals surface area contributed by atoms with Crippen LogP contribution < -0.4 is 10.6 Å². The van der Waals surface area contributed by atoms with Crippen molar-refractivity contribution in [3.05, 3.63) is 108 Å². The molecule has 0 spiro atoms. The summed E-state index contributed by atoms with van der Waals surface area (Å²) in [4.78, 5) is 37.6. The number of nitrogens with one attached hydrogen (secondary N) is 3. The van der Waals surface area contributed by atoms with Crippen molar-refractivity contribution in [2.45, 2.75) is 0 Å². The van der Waals surface area contributed by atoms with E-state index in [1.165, 1.54) is 0 Å². The molecule has 5 rings (SSSR count). The lowest BCUT2D eigenvalue weighted by atomic mass is 10.1. The van der Waals surface area contributed by atoms with Gasteiger partial charge in [0.1, 0.15) is 11.2 Å². The molecule has 0 fully saturated rings. The van der Waals surface area contributed by atoms with E-state index in [2.05, 4.69) is 31.7 Å². The van der Waals surface area contributed by atoms with Crippen molar-refractivity contribution in [3.8, 4) is 17.3 Å². The number of amides is 2. The molecular formula is C27H18N6O2. The lowest BCUT2D eigenvalue weighted by Crippen LogP contribution is -2.15. The first-order chi connectivity index (χ1) is 17.1. The van der Waals surface area contributed by atoms with E-state index in [9.17, 15) is 9.59 Å². The maximum atomic E-state index is 12.9. The lowest BCUT2D eigenvalue weighted by molar-refractivity contribution is 0.101. The Morgan fingerprint density at radius 3 is 2.43 bits per heavy atom. The minimum absolute atomic E-state index is 0.187. The van der Waals surface area contributed by atoms with Gasteiger partial charge in [0.25, 0.3) is 11.8 Å². The van der Waals surface area contributed by atoms with Gasteiger partial charge >= 0.3 is 0 Å². The van der Waals surface area contributed by atoms with Gasteiger partial charge in [-0.25, -0.2) is 9.97 Å². The van der Waals surface area contributed by atoms with E-state index in [4.69, 9.17) is 5.26 Å². The number of carbonyl (C=O) groups is 2. The van der Waals surface area contributed by atoms with Crippen LogP contribution in [0.25, 0.3) is 22.3 Å². The highest BCUT2D eigenvalue weighted by Gasteiger charge is 2.16. The predicted octanol–water partition coefficient (Wildman–Crippen LogP) is 5.00. The molecule has 0 aliphatic carbocycles. The minimum Gasteiger partial charge on any atom is -0.324 e. The zero-order chi connectivity index (χ0) is 24.2. The summed E-state index contributed by atoms with van der Waals surface area (Å²) < 4.78 is 0. The first-order valence-electron chi connectivity index (χ1n) is 10.7. The van der Waals surface area contributed by atoms with Gasteiger partial charge in [-0.3, -0.25) is 14.9 Å². The summed E-state index contributed by atoms with van der Waals surface area (Å²) in [5.41, 5.74) is 4.09.